The highest BCUT2D eigenvalue weighted by molar-refractivity contribution is 5.73. The minimum atomic E-state index is -4.65. The first kappa shape index (κ1) is 14.2. The minimum absolute atomic E-state index is 0.0107. The average molecular weight is 255 g/mol. The van der Waals surface area contributed by atoms with Gasteiger partial charge < -0.3 is 5.11 Å². The number of halogens is 3. The zero-order valence-electron chi connectivity index (χ0n) is 9.54. The van der Waals surface area contributed by atoms with Crippen LogP contribution in [0.3, 0.4) is 0 Å². The van der Waals surface area contributed by atoms with Crippen molar-refractivity contribution < 1.29 is 27.8 Å². The number of hydrogen-bond donors (Lipinski definition) is 1. The summed E-state index contributed by atoms with van der Waals surface area (Å²) in [6.07, 6.45) is -3.38. The van der Waals surface area contributed by atoms with Crippen LogP contribution in [-0.2, 0) is 9.53 Å². The lowest BCUT2D eigenvalue weighted by molar-refractivity contribution is -0.325. The summed E-state index contributed by atoms with van der Waals surface area (Å²) in [5, 5.41) is 8.98. The quantitative estimate of drug-likeness (QED) is 0.830. The maximum absolute atomic E-state index is 11.8. The first-order chi connectivity index (χ1) is 7.79. The molecule has 1 aliphatic heterocycles. The van der Waals surface area contributed by atoms with Crippen molar-refractivity contribution in [1.82, 2.24) is 4.90 Å². The lowest BCUT2D eigenvalue weighted by Crippen LogP contribution is -2.48. The number of carboxylic acids is 1. The number of nitrogens with zero attached hydrogens (tertiary/aromatic N) is 1. The number of carbonyl (C=O) groups is 1. The van der Waals surface area contributed by atoms with E-state index in [1.54, 1.807) is 0 Å². The van der Waals surface area contributed by atoms with E-state index in [2.05, 4.69) is 4.74 Å². The van der Waals surface area contributed by atoms with Crippen LogP contribution in [0, 0.1) is 5.92 Å². The van der Waals surface area contributed by atoms with Crippen molar-refractivity contribution in [3.05, 3.63) is 0 Å². The fourth-order valence-corrected chi connectivity index (χ4v) is 1.99. The third kappa shape index (κ3) is 4.91. The molecule has 1 saturated heterocycles. The Labute approximate surface area is 97.3 Å². The standard InChI is InChI=1S/C10H16F3NO3/c1-7-2-3-14(8(6-7)9(15)16)4-5-17-10(11,12)13/h7-8H,2-6H2,1H3,(H,15,16). The van der Waals surface area contributed by atoms with Crippen LogP contribution in [0.1, 0.15) is 19.8 Å². The molecule has 0 radical (unpaired) electrons. The van der Waals surface area contributed by atoms with Crippen molar-refractivity contribution in [3.8, 4) is 0 Å². The first-order valence-corrected chi connectivity index (χ1v) is 5.47. The van der Waals surface area contributed by atoms with Crippen LogP contribution in [0.2, 0.25) is 0 Å². The third-order valence-electron chi connectivity index (χ3n) is 2.90. The molecule has 0 saturated carbocycles. The summed E-state index contributed by atoms with van der Waals surface area (Å²) in [5.74, 6) is -0.695. The largest absolute Gasteiger partial charge is 0.522 e. The van der Waals surface area contributed by atoms with E-state index >= 15 is 0 Å². The molecule has 100 valence electrons. The SMILES string of the molecule is CC1CCN(CCOC(F)(F)F)C(C(=O)O)C1. The molecule has 1 N–H and O–H groups in total. The normalized spacial score (nSPS) is 27.1. The van der Waals surface area contributed by atoms with Gasteiger partial charge in [-0.15, -0.1) is 13.2 Å². The van der Waals surface area contributed by atoms with E-state index in [1.807, 2.05) is 6.92 Å². The van der Waals surface area contributed by atoms with Crippen LogP contribution in [0.25, 0.3) is 0 Å². The average Bonchev–Trinajstić information content (AvgIpc) is 2.18. The highest BCUT2D eigenvalue weighted by Crippen LogP contribution is 2.23. The minimum Gasteiger partial charge on any atom is -0.480 e. The number of alkyl halides is 3. The summed E-state index contributed by atoms with van der Waals surface area (Å²) < 4.78 is 39.0. The molecule has 2 atom stereocenters. The molecular weight excluding hydrogens is 239 g/mol. The monoisotopic (exact) mass is 255 g/mol. The van der Waals surface area contributed by atoms with Crippen LogP contribution in [0.15, 0.2) is 0 Å². The maximum Gasteiger partial charge on any atom is 0.522 e. The lowest BCUT2D eigenvalue weighted by Gasteiger charge is -2.35. The second-order valence-corrected chi connectivity index (χ2v) is 4.31. The van der Waals surface area contributed by atoms with Gasteiger partial charge in [0, 0.05) is 6.54 Å². The number of aliphatic carboxylic acids is 1. The molecule has 7 heteroatoms. The van der Waals surface area contributed by atoms with Crippen LogP contribution in [0.4, 0.5) is 13.2 Å². The van der Waals surface area contributed by atoms with Crippen molar-refractivity contribution in [2.75, 3.05) is 19.7 Å². The van der Waals surface area contributed by atoms with E-state index in [4.69, 9.17) is 5.11 Å². The number of likely N-dealkylation sites (tertiary alicyclic amines) is 1. The second-order valence-electron chi connectivity index (χ2n) is 4.31. The van der Waals surface area contributed by atoms with Gasteiger partial charge >= 0.3 is 12.3 Å². The van der Waals surface area contributed by atoms with Crippen molar-refractivity contribution in [2.45, 2.75) is 32.2 Å². The number of carboxylic acid groups (broad SMARTS) is 1. The Balaban J connectivity index is 2.42. The van der Waals surface area contributed by atoms with Gasteiger partial charge in [-0.05, 0) is 25.3 Å². The van der Waals surface area contributed by atoms with E-state index in [1.165, 1.54) is 4.90 Å². The zero-order valence-corrected chi connectivity index (χ0v) is 9.54. The topological polar surface area (TPSA) is 49.8 Å². The van der Waals surface area contributed by atoms with Crippen LogP contribution in [0.5, 0.6) is 0 Å². The molecule has 1 aliphatic rings. The van der Waals surface area contributed by atoms with Crippen molar-refractivity contribution in [1.29, 1.82) is 0 Å². The van der Waals surface area contributed by atoms with E-state index in [9.17, 15) is 18.0 Å². The first-order valence-electron chi connectivity index (χ1n) is 5.47. The molecular formula is C10H16F3NO3. The summed E-state index contributed by atoms with van der Waals surface area (Å²) in [4.78, 5) is 12.5. The molecule has 0 aliphatic carbocycles. The number of ether oxygens (including phenoxy) is 1. The van der Waals surface area contributed by atoms with Gasteiger partial charge in [0.2, 0.25) is 0 Å². The van der Waals surface area contributed by atoms with Crippen molar-refractivity contribution >= 4 is 5.97 Å². The Bertz CT molecular complexity index is 270. The van der Waals surface area contributed by atoms with Gasteiger partial charge in [-0.2, -0.15) is 0 Å². The zero-order chi connectivity index (χ0) is 13.1. The number of piperidine rings is 1. The van der Waals surface area contributed by atoms with Gasteiger partial charge in [-0.3, -0.25) is 14.4 Å². The van der Waals surface area contributed by atoms with E-state index in [-0.39, 0.29) is 12.5 Å². The summed E-state index contributed by atoms with van der Waals surface area (Å²) in [6, 6.07) is -0.699. The molecule has 1 fully saturated rings. The van der Waals surface area contributed by atoms with Crippen molar-refractivity contribution in [2.24, 2.45) is 5.92 Å². The maximum atomic E-state index is 11.8. The highest BCUT2D eigenvalue weighted by atomic mass is 19.4. The van der Waals surface area contributed by atoms with Crippen LogP contribution >= 0.6 is 0 Å². The van der Waals surface area contributed by atoms with Crippen LogP contribution < -0.4 is 0 Å². The van der Waals surface area contributed by atoms with Gasteiger partial charge in [0.25, 0.3) is 0 Å². The molecule has 17 heavy (non-hydrogen) atoms. The van der Waals surface area contributed by atoms with Gasteiger partial charge in [0.05, 0.1) is 6.61 Å². The number of hydrogen-bond acceptors (Lipinski definition) is 3. The highest BCUT2D eigenvalue weighted by Gasteiger charge is 2.33. The fourth-order valence-electron chi connectivity index (χ4n) is 1.99. The molecule has 0 spiro atoms. The summed E-state index contributed by atoms with van der Waals surface area (Å²) >= 11 is 0. The van der Waals surface area contributed by atoms with Gasteiger partial charge in [-0.1, -0.05) is 6.92 Å². The van der Waals surface area contributed by atoms with Crippen LogP contribution in [-0.4, -0.2) is 48.1 Å². The fraction of sp³-hybridized carbons (Fsp3) is 0.900. The number of rotatable bonds is 4. The second kappa shape index (κ2) is 5.68. The Morgan fingerprint density at radius 2 is 2.18 bits per heavy atom. The predicted molar refractivity (Wildman–Crippen MR) is 53.4 cm³/mol. The molecule has 0 bridgehead atoms. The smallest absolute Gasteiger partial charge is 0.480 e. The molecule has 0 amide bonds. The van der Waals surface area contributed by atoms with Gasteiger partial charge in [0.15, 0.2) is 0 Å². The Morgan fingerprint density at radius 1 is 1.53 bits per heavy atom. The Kier molecular flexibility index (Phi) is 4.76. The molecule has 0 aromatic carbocycles. The Hall–Kier alpha value is -0.820. The molecule has 2 unspecified atom stereocenters. The van der Waals surface area contributed by atoms with E-state index in [0.29, 0.717) is 13.0 Å². The molecule has 1 rings (SSSR count). The molecule has 0 aromatic rings. The summed E-state index contributed by atoms with van der Waals surface area (Å²) in [6.45, 7) is 1.91. The lowest BCUT2D eigenvalue weighted by atomic mass is 9.92. The molecule has 4 nitrogen and oxygen atoms in total. The summed E-state index contributed by atoms with van der Waals surface area (Å²) in [7, 11) is 0. The molecule has 0 aromatic heterocycles. The summed E-state index contributed by atoms with van der Waals surface area (Å²) in [5.41, 5.74) is 0. The molecule has 1 heterocycles. The predicted octanol–water partition coefficient (Wildman–Crippen LogP) is 1.71. The van der Waals surface area contributed by atoms with E-state index in [0.717, 1.165) is 6.42 Å². The Morgan fingerprint density at radius 3 is 2.71 bits per heavy atom. The van der Waals surface area contributed by atoms with Crippen molar-refractivity contribution in [3.63, 3.8) is 0 Å². The van der Waals surface area contributed by atoms with Gasteiger partial charge in [0.1, 0.15) is 6.04 Å². The van der Waals surface area contributed by atoms with E-state index < -0.39 is 25.0 Å². The van der Waals surface area contributed by atoms with Gasteiger partial charge in [-0.25, -0.2) is 0 Å². The third-order valence-corrected chi connectivity index (χ3v) is 2.90.